The van der Waals surface area contributed by atoms with Gasteiger partial charge in [-0.2, -0.15) is 10.2 Å². The Hall–Kier alpha value is -3.48. The second-order valence-electron chi connectivity index (χ2n) is 6.85. The monoisotopic (exact) mass is 358 g/mol. The first-order valence-electron chi connectivity index (χ1n) is 9.03. The third kappa shape index (κ3) is 2.87. The average molecular weight is 358 g/mol. The lowest BCUT2D eigenvalue weighted by Crippen LogP contribution is -2.39. The molecule has 1 fully saturated rings. The van der Waals surface area contributed by atoms with Gasteiger partial charge < -0.3 is 5.32 Å². The Kier molecular flexibility index (Phi) is 3.71. The molecule has 0 aliphatic heterocycles. The van der Waals surface area contributed by atoms with E-state index in [1.54, 1.807) is 0 Å². The lowest BCUT2D eigenvalue weighted by atomic mass is 9.93. The van der Waals surface area contributed by atoms with Crippen molar-refractivity contribution in [2.45, 2.75) is 25.3 Å². The second kappa shape index (κ2) is 6.35. The van der Waals surface area contributed by atoms with Gasteiger partial charge >= 0.3 is 0 Å². The minimum Gasteiger partial charge on any atom is -0.349 e. The number of nitrogens with zero attached hydrogens (tertiary/aromatic N) is 3. The minimum atomic E-state index is -0.0243. The minimum absolute atomic E-state index is 0.0243. The summed E-state index contributed by atoms with van der Waals surface area (Å²) in [4.78, 5) is 16.7. The zero-order valence-electron chi connectivity index (χ0n) is 14.6. The van der Waals surface area contributed by atoms with Crippen molar-refractivity contribution < 1.29 is 4.79 Å². The van der Waals surface area contributed by atoms with E-state index in [4.69, 9.17) is 0 Å². The molecule has 7 nitrogen and oxygen atoms in total. The Balaban J connectivity index is 1.52. The fraction of sp³-hybridized carbons (Fsp3) is 0.200. The number of amides is 1. The van der Waals surface area contributed by atoms with Crippen LogP contribution in [0.1, 0.15) is 29.6 Å². The van der Waals surface area contributed by atoms with Crippen molar-refractivity contribution in [3.63, 3.8) is 0 Å². The number of hydrogen-bond donors (Lipinski definition) is 3. The van der Waals surface area contributed by atoms with Gasteiger partial charge in [-0.15, -0.1) is 0 Å². The van der Waals surface area contributed by atoms with Crippen LogP contribution >= 0.6 is 0 Å². The highest BCUT2D eigenvalue weighted by Gasteiger charge is 2.20. The van der Waals surface area contributed by atoms with Crippen LogP contribution in [0.15, 0.2) is 48.8 Å². The van der Waals surface area contributed by atoms with Gasteiger partial charge in [0.15, 0.2) is 5.82 Å². The molecular formula is C20H18N6O. The predicted octanol–water partition coefficient (Wildman–Crippen LogP) is 3.30. The zero-order valence-corrected chi connectivity index (χ0v) is 14.6. The number of carbonyl (C=O) groups excluding carboxylic acids is 1. The van der Waals surface area contributed by atoms with E-state index < -0.39 is 0 Å². The third-order valence-electron chi connectivity index (χ3n) is 5.09. The molecular weight excluding hydrogens is 340 g/mol. The number of carbonyl (C=O) groups is 1. The lowest BCUT2D eigenvalue weighted by molar-refractivity contribution is 0.0917. The Morgan fingerprint density at radius 3 is 2.78 bits per heavy atom. The van der Waals surface area contributed by atoms with Crippen molar-refractivity contribution >= 4 is 16.8 Å². The first kappa shape index (κ1) is 15.7. The number of rotatable bonds is 4. The van der Waals surface area contributed by atoms with Gasteiger partial charge in [0, 0.05) is 28.1 Å². The highest BCUT2D eigenvalue weighted by Crippen LogP contribution is 2.30. The number of H-pyrrole nitrogens is 2. The number of nitrogens with one attached hydrogen (secondary N) is 3. The molecule has 4 aromatic rings. The summed E-state index contributed by atoms with van der Waals surface area (Å²) in [5, 5.41) is 18.4. The number of benzene rings is 2. The Labute approximate surface area is 155 Å². The molecule has 5 rings (SSSR count). The SMILES string of the molecule is O=C(NC1CCC1)c1cccc(-c2n[nH]c3ccc(-c4ncn[nH]4)cc23)c1. The number of aromatic amines is 2. The standard InChI is InChI=1S/C20H18N6O/c27-20(23-15-5-2-6-15)14-4-1-3-12(9-14)18-16-10-13(19-21-11-22-26-19)7-8-17(16)24-25-18/h1,3-4,7-11,15H,2,5-6H2,(H,23,27)(H,24,25)(H,21,22,26). The summed E-state index contributed by atoms with van der Waals surface area (Å²) < 4.78 is 0. The topological polar surface area (TPSA) is 99.3 Å². The molecule has 3 N–H and O–H groups in total. The highest BCUT2D eigenvalue weighted by molar-refractivity contribution is 5.99. The van der Waals surface area contributed by atoms with Gasteiger partial charge in [0.25, 0.3) is 5.91 Å². The van der Waals surface area contributed by atoms with Crippen molar-refractivity contribution in [1.82, 2.24) is 30.7 Å². The Morgan fingerprint density at radius 1 is 1.07 bits per heavy atom. The molecule has 27 heavy (non-hydrogen) atoms. The van der Waals surface area contributed by atoms with Crippen molar-refractivity contribution in [3.05, 3.63) is 54.4 Å². The van der Waals surface area contributed by atoms with Crippen molar-refractivity contribution in [2.75, 3.05) is 0 Å². The maximum absolute atomic E-state index is 12.5. The summed E-state index contributed by atoms with van der Waals surface area (Å²) in [5.74, 6) is 0.682. The smallest absolute Gasteiger partial charge is 0.251 e. The second-order valence-corrected chi connectivity index (χ2v) is 6.85. The maximum Gasteiger partial charge on any atom is 0.251 e. The Bertz CT molecular complexity index is 1110. The van der Waals surface area contributed by atoms with Crippen molar-refractivity contribution in [3.8, 4) is 22.6 Å². The van der Waals surface area contributed by atoms with Gasteiger partial charge in [-0.1, -0.05) is 12.1 Å². The first-order valence-corrected chi connectivity index (χ1v) is 9.03. The van der Waals surface area contributed by atoms with Crippen LogP contribution in [0.4, 0.5) is 0 Å². The van der Waals surface area contributed by atoms with Gasteiger partial charge in [0.05, 0.1) is 11.2 Å². The molecule has 0 radical (unpaired) electrons. The molecule has 0 bridgehead atoms. The predicted molar refractivity (Wildman–Crippen MR) is 102 cm³/mol. The first-order chi connectivity index (χ1) is 13.3. The largest absolute Gasteiger partial charge is 0.349 e. The fourth-order valence-corrected chi connectivity index (χ4v) is 3.35. The van der Waals surface area contributed by atoms with Crippen molar-refractivity contribution in [1.29, 1.82) is 0 Å². The summed E-state index contributed by atoms with van der Waals surface area (Å²) in [6.07, 6.45) is 4.82. The van der Waals surface area contributed by atoms with E-state index >= 15 is 0 Å². The van der Waals surface area contributed by atoms with Crippen LogP contribution in [0, 0.1) is 0 Å². The van der Waals surface area contributed by atoms with Gasteiger partial charge in [0.2, 0.25) is 0 Å². The van der Waals surface area contributed by atoms with Crippen LogP contribution in [0.25, 0.3) is 33.5 Å². The molecule has 134 valence electrons. The molecule has 0 saturated heterocycles. The molecule has 0 unspecified atom stereocenters. The van der Waals surface area contributed by atoms with Crippen LogP contribution in [-0.2, 0) is 0 Å². The van der Waals surface area contributed by atoms with Crippen LogP contribution in [0.2, 0.25) is 0 Å². The summed E-state index contributed by atoms with van der Waals surface area (Å²) >= 11 is 0. The van der Waals surface area contributed by atoms with E-state index in [9.17, 15) is 4.79 Å². The van der Waals surface area contributed by atoms with E-state index in [1.165, 1.54) is 12.7 Å². The quantitative estimate of drug-likeness (QED) is 0.521. The van der Waals surface area contributed by atoms with E-state index in [-0.39, 0.29) is 5.91 Å². The van der Waals surface area contributed by atoms with Gasteiger partial charge in [-0.25, -0.2) is 4.98 Å². The average Bonchev–Trinajstić information content (AvgIpc) is 3.33. The van der Waals surface area contributed by atoms with E-state index in [0.717, 1.165) is 40.6 Å². The molecule has 1 saturated carbocycles. The highest BCUT2D eigenvalue weighted by atomic mass is 16.1. The number of aromatic nitrogens is 5. The molecule has 2 aromatic heterocycles. The van der Waals surface area contributed by atoms with Gasteiger partial charge in [0.1, 0.15) is 6.33 Å². The van der Waals surface area contributed by atoms with Gasteiger partial charge in [-0.05, 0) is 49.6 Å². The molecule has 2 aromatic carbocycles. The molecule has 1 aliphatic carbocycles. The molecule has 1 amide bonds. The summed E-state index contributed by atoms with van der Waals surface area (Å²) in [7, 11) is 0. The summed E-state index contributed by atoms with van der Waals surface area (Å²) in [6.45, 7) is 0. The molecule has 2 heterocycles. The van der Waals surface area contributed by atoms with Crippen molar-refractivity contribution in [2.24, 2.45) is 0 Å². The normalized spacial score (nSPS) is 14.2. The number of hydrogen-bond acceptors (Lipinski definition) is 4. The van der Waals surface area contributed by atoms with Crippen LogP contribution < -0.4 is 5.32 Å². The summed E-state index contributed by atoms with van der Waals surface area (Å²) in [5.41, 5.74) is 4.22. The zero-order chi connectivity index (χ0) is 18.2. The molecule has 7 heteroatoms. The molecule has 0 spiro atoms. The number of fused-ring (bicyclic) bond motifs is 1. The van der Waals surface area contributed by atoms with Gasteiger partial charge in [-0.3, -0.25) is 15.0 Å². The van der Waals surface area contributed by atoms with E-state index in [0.29, 0.717) is 17.4 Å². The van der Waals surface area contributed by atoms with E-state index in [1.807, 2.05) is 42.5 Å². The third-order valence-corrected chi connectivity index (χ3v) is 5.09. The summed E-state index contributed by atoms with van der Waals surface area (Å²) in [6, 6.07) is 13.9. The van der Waals surface area contributed by atoms with Crippen LogP contribution in [-0.4, -0.2) is 37.3 Å². The van der Waals surface area contributed by atoms with Crippen LogP contribution in [0.5, 0.6) is 0 Å². The van der Waals surface area contributed by atoms with Crippen LogP contribution in [0.3, 0.4) is 0 Å². The molecule has 0 atom stereocenters. The maximum atomic E-state index is 12.5. The van der Waals surface area contributed by atoms with E-state index in [2.05, 4.69) is 30.7 Å². The molecule has 1 aliphatic rings. The fourth-order valence-electron chi connectivity index (χ4n) is 3.35. The Morgan fingerprint density at radius 2 is 2.00 bits per heavy atom. The lowest BCUT2D eigenvalue weighted by Gasteiger charge is -2.26.